The van der Waals surface area contributed by atoms with Crippen molar-refractivity contribution >= 4 is 0 Å². The molecular formula is C20H24O4. The largest absolute Gasteiger partial charge is 0.508 e. The lowest BCUT2D eigenvalue weighted by Gasteiger charge is -2.40. The summed E-state index contributed by atoms with van der Waals surface area (Å²) in [6.45, 7) is 4.73. The second-order valence-electron chi connectivity index (χ2n) is 7.70. The maximum atomic E-state index is 10.9. The minimum Gasteiger partial charge on any atom is -0.508 e. The van der Waals surface area contributed by atoms with Gasteiger partial charge in [-0.05, 0) is 50.8 Å². The smallest absolute Gasteiger partial charge is 0.126 e. The molecule has 0 aromatic heterocycles. The normalized spacial score (nSPS) is 30.9. The Morgan fingerprint density at radius 3 is 2.92 bits per heavy atom. The molecule has 0 saturated heterocycles. The van der Waals surface area contributed by atoms with Crippen molar-refractivity contribution in [2.45, 2.75) is 44.8 Å². The molecule has 4 heteroatoms. The Bertz CT molecular complexity index is 716. The molecule has 2 N–H and O–H groups in total. The molecule has 0 amide bonds. The molecule has 0 bridgehead atoms. The number of hydrogen-bond donors (Lipinski definition) is 2. The van der Waals surface area contributed by atoms with Crippen molar-refractivity contribution in [3.63, 3.8) is 0 Å². The molecule has 0 saturated carbocycles. The summed E-state index contributed by atoms with van der Waals surface area (Å²) in [7, 11) is 0. The molecular weight excluding hydrogens is 304 g/mol. The minimum absolute atomic E-state index is 0.0375. The summed E-state index contributed by atoms with van der Waals surface area (Å²) >= 11 is 0. The molecule has 128 valence electrons. The van der Waals surface area contributed by atoms with Crippen molar-refractivity contribution in [1.29, 1.82) is 0 Å². The lowest BCUT2D eigenvalue weighted by atomic mass is 9.75. The average molecular weight is 328 g/mol. The summed E-state index contributed by atoms with van der Waals surface area (Å²) in [6, 6.07) is 5.26. The molecule has 0 fully saturated rings. The van der Waals surface area contributed by atoms with Gasteiger partial charge in [0.05, 0.1) is 12.7 Å². The summed E-state index contributed by atoms with van der Waals surface area (Å²) in [5.74, 6) is 2.08. The Balaban J connectivity index is 1.54. The van der Waals surface area contributed by atoms with E-state index in [1.54, 1.807) is 12.1 Å². The van der Waals surface area contributed by atoms with Crippen molar-refractivity contribution in [1.82, 2.24) is 0 Å². The maximum absolute atomic E-state index is 10.9. The topological polar surface area (TPSA) is 58.9 Å². The number of aromatic hydroxyl groups is 1. The SMILES string of the molecule is CC1(C)CCC2=C(C=CC([C@@H]3COc4cc(O)ccc4C3)C2O)O1. The average Bonchev–Trinajstić information content (AvgIpc) is 2.54. The van der Waals surface area contributed by atoms with Crippen molar-refractivity contribution in [2.24, 2.45) is 11.8 Å². The van der Waals surface area contributed by atoms with E-state index >= 15 is 0 Å². The maximum Gasteiger partial charge on any atom is 0.126 e. The third kappa shape index (κ3) is 2.69. The molecule has 3 aliphatic rings. The van der Waals surface area contributed by atoms with E-state index in [9.17, 15) is 10.2 Å². The summed E-state index contributed by atoms with van der Waals surface area (Å²) in [5, 5.41) is 20.5. The number of benzene rings is 1. The number of phenolic OH excluding ortho intramolecular Hbond substituents is 1. The van der Waals surface area contributed by atoms with Crippen LogP contribution in [0.15, 0.2) is 41.7 Å². The monoisotopic (exact) mass is 328 g/mol. The van der Waals surface area contributed by atoms with Gasteiger partial charge in [-0.15, -0.1) is 0 Å². The first-order chi connectivity index (χ1) is 11.4. The van der Waals surface area contributed by atoms with Gasteiger partial charge in [0.25, 0.3) is 0 Å². The minimum atomic E-state index is -0.506. The highest BCUT2D eigenvalue weighted by Crippen LogP contribution is 2.42. The fraction of sp³-hybridized carbons (Fsp3) is 0.500. The van der Waals surface area contributed by atoms with Crippen LogP contribution in [0.5, 0.6) is 11.5 Å². The number of ether oxygens (including phenoxy) is 2. The highest BCUT2D eigenvalue weighted by atomic mass is 16.5. The fourth-order valence-electron chi connectivity index (χ4n) is 3.99. The molecule has 3 atom stereocenters. The van der Waals surface area contributed by atoms with E-state index in [0.29, 0.717) is 6.61 Å². The molecule has 1 aromatic carbocycles. The lowest BCUT2D eigenvalue weighted by molar-refractivity contribution is 0.00167. The van der Waals surface area contributed by atoms with E-state index in [1.807, 2.05) is 12.1 Å². The van der Waals surface area contributed by atoms with E-state index < -0.39 is 6.10 Å². The molecule has 2 heterocycles. The number of aliphatic hydroxyl groups is 1. The zero-order valence-corrected chi connectivity index (χ0v) is 14.2. The molecule has 2 aliphatic heterocycles. The van der Waals surface area contributed by atoms with E-state index in [0.717, 1.165) is 41.9 Å². The van der Waals surface area contributed by atoms with E-state index in [2.05, 4.69) is 19.9 Å². The first-order valence-corrected chi connectivity index (χ1v) is 8.66. The Morgan fingerprint density at radius 2 is 2.08 bits per heavy atom. The highest BCUT2D eigenvalue weighted by Gasteiger charge is 2.39. The van der Waals surface area contributed by atoms with Crippen LogP contribution in [-0.2, 0) is 11.2 Å². The number of fused-ring (bicyclic) bond motifs is 1. The van der Waals surface area contributed by atoms with Crippen molar-refractivity contribution in [2.75, 3.05) is 6.61 Å². The number of hydrogen-bond acceptors (Lipinski definition) is 4. The first-order valence-electron chi connectivity index (χ1n) is 8.66. The molecule has 1 aliphatic carbocycles. The van der Waals surface area contributed by atoms with Gasteiger partial charge < -0.3 is 19.7 Å². The fourth-order valence-corrected chi connectivity index (χ4v) is 3.99. The molecule has 4 nitrogen and oxygen atoms in total. The van der Waals surface area contributed by atoms with Crippen molar-refractivity contribution < 1.29 is 19.7 Å². The molecule has 0 radical (unpaired) electrons. The number of phenols is 1. The summed E-state index contributed by atoms with van der Waals surface area (Å²) < 4.78 is 11.9. The van der Waals surface area contributed by atoms with Gasteiger partial charge in [-0.2, -0.15) is 0 Å². The van der Waals surface area contributed by atoms with Crippen LogP contribution in [0.2, 0.25) is 0 Å². The quantitative estimate of drug-likeness (QED) is 0.830. The van der Waals surface area contributed by atoms with Crippen LogP contribution >= 0.6 is 0 Å². The van der Waals surface area contributed by atoms with Crippen LogP contribution in [0.1, 0.15) is 32.3 Å². The zero-order valence-electron chi connectivity index (χ0n) is 14.2. The van der Waals surface area contributed by atoms with Crippen LogP contribution in [0.4, 0.5) is 0 Å². The van der Waals surface area contributed by atoms with Crippen LogP contribution in [0.25, 0.3) is 0 Å². The lowest BCUT2D eigenvalue weighted by Crippen LogP contribution is -2.40. The molecule has 1 aromatic rings. The van der Waals surface area contributed by atoms with Gasteiger partial charge >= 0.3 is 0 Å². The molecule has 0 spiro atoms. The van der Waals surface area contributed by atoms with Gasteiger partial charge in [-0.3, -0.25) is 0 Å². The van der Waals surface area contributed by atoms with Crippen molar-refractivity contribution in [3.05, 3.63) is 47.2 Å². The van der Waals surface area contributed by atoms with E-state index in [1.165, 1.54) is 0 Å². The Morgan fingerprint density at radius 1 is 1.25 bits per heavy atom. The number of rotatable bonds is 1. The highest BCUT2D eigenvalue weighted by molar-refractivity contribution is 5.42. The Labute approximate surface area is 142 Å². The summed E-state index contributed by atoms with van der Waals surface area (Å²) in [6.07, 6.45) is 6.24. The number of aliphatic hydroxyl groups excluding tert-OH is 1. The van der Waals surface area contributed by atoms with Gasteiger partial charge in [0.2, 0.25) is 0 Å². The van der Waals surface area contributed by atoms with Crippen LogP contribution in [0, 0.1) is 11.8 Å². The van der Waals surface area contributed by atoms with Crippen LogP contribution < -0.4 is 4.74 Å². The first kappa shape index (κ1) is 15.6. The van der Waals surface area contributed by atoms with Crippen LogP contribution in [-0.4, -0.2) is 28.5 Å². The van der Waals surface area contributed by atoms with Gasteiger partial charge in [0.1, 0.15) is 22.9 Å². The molecule has 4 rings (SSSR count). The van der Waals surface area contributed by atoms with Gasteiger partial charge in [-0.1, -0.05) is 12.1 Å². The third-order valence-electron chi connectivity index (χ3n) is 5.42. The Kier molecular flexibility index (Phi) is 3.61. The van der Waals surface area contributed by atoms with Gasteiger partial charge in [-0.25, -0.2) is 0 Å². The summed E-state index contributed by atoms with van der Waals surface area (Å²) in [5.41, 5.74) is 1.95. The molecule has 2 unspecified atom stereocenters. The van der Waals surface area contributed by atoms with Gasteiger partial charge in [0, 0.05) is 23.5 Å². The van der Waals surface area contributed by atoms with Crippen LogP contribution in [0.3, 0.4) is 0 Å². The van der Waals surface area contributed by atoms with Gasteiger partial charge in [0.15, 0.2) is 0 Å². The molecule has 24 heavy (non-hydrogen) atoms. The predicted molar refractivity (Wildman–Crippen MR) is 90.9 cm³/mol. The number of allylic oxidation sites excluding steroid dienone is 1. The third-order valence-corrected chi connectivity index (χ3v) is 5.42. The zero-order chi connectivity index (χ0) is 16.9. The summed E-state index contributed by atoms with van der Waals surface area (Å²) in [4.78, 5) is 0. The van der Waals surface area contributed by atoms with Crippen molar-refractivity contribution in [3.8, 4) is 11.5 Å². The van der Waals surface area contributed by atoms with E-state index in [-0.39, 0.29) is 23.2 Å². The second-order valence-corrected chi connectivity index (χ2v) is 7.70. The predicted octanol–water partition coefficient (Wildman–Crippen LogP) is 3.33. The standard InChI is InChI=1S/C20H24O4/c1-20(2)8-7-16-17(24-20)6-5-15(19(16)22)13-9-12-3-4-14(21)10-18(12)23-11-13/h3-6,10,13,15,19,21-22H,7-9,11H2,1-2H3/t13-,15?,19?/m0/s1. The Hall–Kier alpha value is -1.94. The second kappa shape index (κ2) is 5.55. The van der Waals surface area contributed by atoms with E-state index in [4.69, 9.17) is 9.47 Å².